The van der Waals surface area contributed by atoms with Crippen molar-refractivity contribution in [2.75, 3.05) is 7.11 Å². The molecule has 1 N–H and O–H groups in total. The van der Waals surface area contributed by atoms with E-state index in [0.717, 1.165) is 0 Å². The van der Waals surface area contributed by atoms with Gasteiger partial charge in [-0.05, 0) is 0 Å². The van der Waals surface area contributed by atoms with E-state index in [1.807, 2.05) is 0 Å². The summed E-state index contributed by atoms with van der Waals surface area (Å²) >= 11 is 0. The van der Waals surface area contributed by atoms with Gasteiger partial charge in [0.25, 0.3) is 5.56 Å². The van der Waals surface area contributed by atoms with Crippen LogP contribution in [0, 0.1) is 0 Å². The Morgan fingerprint density at radius 2 is 2.25 bits per heavy atom. The average molecular weight is 230 g/mol. The zero-order valence-corrected chi connectivity index (χ0v) is 9.33. The Hall–Kier alpha value is -1.43. The van der Waals surface area contributed by atoms with Crippen LogP contribution in [0.25, 0.3) is 0 Å². The third-order valence-corrected chi connectivity index (χ3v) is 2.52. The number of rotatable bonds is 5. The topological polar surface area (TPSA) is 64.1 Å². The number of halogens is 1. The van der Waals surface area contributed by atoms with Crippen molar-refractivity contribution in [1.82, 2.24) is 9.55 Å². The lowest BCUT2D eigenvalue weighted by molar-refractivity contribution is -0.131. The largest absolute Gasteiger partial charge is 0.349 e. The van der Waals surface area contributed by atoms with Gasteiger partial charge in [-0.3, -0.25) is 9.78 Å². The number of H-pyrrole nitrogens is 1. The molecule has 0 aromatic carbocycles. The van der Waals surface area contributed by atoms with Gasteiger partial charge in [0.2, 0.25) is 5.85 Å². The molecule has 1 aromatic heterocycles. The highest BCUT2D eigenvalue weighted by Gasteiger charge is 2.26. The second kappa shape index (κ2) is 5.07. The molecular weight excluding hydrogens is 215 g/mol. The molecule has 0 aliphatic heterocycles. The number of nitrogens with zero attached hydrogens (tertiary/aromatic N) is 1. The van der Waals surface area contributed by atoms with E-state index in [2.05, 4.69) is 4.98 Å². The molecule has 1 heterocycles. The van der Waals surface area contributed by atoms with E-state index in [4.69, 9.17) is 4.74 Å². The molecular formula is C10H15FN2O3. The highest BCUT2D eigenvalue weighted by Crippen LogP contribution is 2.21. The molecule has 1 unspecified atom stereocenters. The van der Waals surface area contributed by atoms with Crippen molar-refractivity contribution in [2.45, 2.75) is 32.2 Å². The molecule has 0 bridgehead atoms. The van der Waals surface area contributed by atoms with Crippen molar-refractivity contribution in [3.8, 4) is 0 Å². The molecule has 16 heavy (non-hydrogen) atoms. The standard InChI is InChI=1S/C10H15FN2O3/c1-3-10(11,16-2)5-7-13-6-4-8(14)12-9(13)15/h4,6H,3,5,7H2,1-2H3,(H,12,14,15). The molecule has 6 heteroatoms. The van der Waals surface area contributed by atoms with E-state index >= 15 is 0 Å². The summed E-state index contributed by atoms with van der Waals surface area (Å²) < 4.78 is 19.7. The third-order valence-electron chi connectivity index (χ3n) is 2.52. The Bertz CT molecular complexity index is 448. The van der Waals surface area contributed by atoms with Gasteiger partial charge in [-0.25, -0.2) is 9.18 Å². The molecule has 0 aliphatic rings. The van der Waals surface area contributed by atoms with Gasteiger partial charge in [-0.1, -0.05) is 6.92 Å². The molecule has 0 aliphatic carbocycles. The summed E-state index contributed by atoms with van der Waals surface area (Å²) in [7, 11) is 1.29. The molecule has 1 atom stereocenters. The first-order chi connectivity index (χ1) is 7.50. The van der Waals surface area contributed by atoms with Crippen molar-refractivity contribution < 1.29 is 9.13 Å². The highest BCUT2D eigenvalue weighted by molar-refractivity contribution is 4.83. The van der Waals surface area contributed by atoms with E-state index in [-0.39, 0.29) is 19.4 Å². The SMILES string of the molecule is CCC(F)(CCn1ccc(=O)[nH]c1=O)OC. The van der Waals surface area contributed by atoms with E-state index in [1.54, 1.807) is 6.92 Å². The Morgan fingerprint density at radius 1 is 1.56 bits per heavy atom. The lowest BCUT2D eigenvalue weighted by Crippen LogP contribution is -2.32. The number of aromatic amines is 1. The second-order valence-electron chi connectivity index (χ2n) is 3.49. The average Bonchev–Trinajstić information content (AvgIpc) is 2.27. The molecule has 90 valence electrons. The van der Waals surface area contributed by atoms with Crippen LogP contribution < -0.4 is 11.2 Å². The van der Waals surface area contributed by atoms with Gasteiger partial charge in [0.1, 0.15) is 0 Å². The number of ether oxygens (including phenoxy) is 1. The Balaban J connectivity index is 2.75. The van der Waals surface area contributed by atoms with Gasteiger partial charge in [0.05, 0.1) is 0 Å². The fraction of sp³-hybridized carbons (Fsp3) is 0.600. The van der Waals surface area contributed by atoms with Gasteiger partial charge in [-0.15, -0.1) is 0 Å². The van der Waals surface area contributed by atoms with E-state index in [0.29, 0.717) is 0 Å². The van der Waals surface area contributed by atoms with Crippen LogP contribution in [0.5, 0.6) is 0 Å². The quantitative estimate of drug-likeness (QED) is 0.807. The first kappa shape index (κ1) is 12.6. The smallest absolute Gasteiger partial charge is 0.328 e. The van der Waals surface area contributed by atoms with Crippen molar-refractivity contribution >= 4 is 0 Å². The summed E-state index contributed by atoms with van der Waals surface area (Å²) in [6.07, 6.45) is 1.61. The minimum absolute atomic E-state index is 0.0615. The van der Waals surface area contributed by atoms with E-state index in [1.165, 1.54) is 23.9 Å². The van der Waals surface area contributed by atoms with Crippen LogP contribution in [0.15, 0.2) is 21.9 Å². The molecule has 1 aromatic rings. The first-order valence-corrected chi connectivity index (χ1v) is 5.04. The van der Waals surface area contributed by atoms with Crippen molar-refractivity contribution in [2.24, 2.45) is 0 Å². The Kier molecular flexibility index (Phi) is 4.00. The molecule has 0 fully saturated rings. The molecule has 0 radical (unpaired) electrons. The second-order valence-corrected chi connectivity index (χ2v) is 3.49. The predicted octanol–water partition coefficient (Wildman–Crippen LogP) is 0.649. The first-order valence-electron chi connectivity index (χ1n) is 5.04. The third kappa shape index (κ3) is 3.03. The van der Waals surface area contributed by atoms with Crippen LogP contribution in [-0.2, 0) is 11.3 Å². The van der Waals surface area contributed by atoms with Gasteiger partial charge >= 0.3 is 5.69 Å². The Labute approximate surface area is 91.9 Å². The predicted molar refractivity (Wildman–Crippen MR) is 57.1 cm³/mol. The highest BCUT2D eigenvalue weighted by atomic mass is 19.2. The van der Waals surface area contributed by atoms with Crippen molar-refractivity contribution in [3.63, 3.8) is 0 Å². The van der Waals surface area contributed by atoms with Crippen LogP contribution in [-0.4, -0.2) is 22.5 Å². The van der Waals surface area contributed by atoms with Crippen LogP contribution in [0.3, 0.4) is 0 Å². The lowest BCUT2D eigenvalue weighted by atomic mass is 10.1. The number of aromatic nitrogens is 2. The summed E-state index contributed by atoms with van der Waals surface area (Å²) in [4.78, 5) is 24.2. The maximum Gasteiger partial charge on any atom is 0.328 e. The van der Waals surface area contributed by atoms with E-state index in [9.17, 15) is 14.0 Å². The number of aryl methyl sites for hydroxylation is 1. The zero-order chi connectivity index (χ0) is 12.2. The van der Waals surface area contributed by atoms with Gasteiger partial charge in [0.15, 0.2) is 0 Å². The molecule has 5 nitrogen and oxygen atoms in total. The van der Waals surface area contributed by atoms with Crippen LogP contribution in [0.4, 0.5) is 4.39 Å². The Morgan fingerprint density at radius 3 is 2.75 bits per heavy atom. The van der Waals surface area contributed by atoms with Crippen molar-refractivity contribution in [3.05, 3.63) is 33.1 Å². The number of hydrogen-bond donors (Lipinski definition) is 1. The molecule has 0 amide bonds. The summed E-state index contributed by atoms with van der Waals surface area (Å²) in [6, 6.07) is 1.22. The van der Waals surface area contributed by atoms with Gasteiger partial charge < -0.3 is 9.30 Å². The fourth-order valence-corrected chi connectivity index (χ4v) is 1.33. The lowest BCUT2D eigenvalue weighted by Gasteiger charge is -2.21. The monoisotopic (exact) mass is 230 g/mol. The minimum atomic E-state index is -1.73. The van der Waals surface area contributed by atoms with Crippen LogP contribution in [0.1, 0.15) is 19.8 Å². The number of nitrogens with one attached hydrogen (secondary N) is 1. The summed E-state index contributed by atoms with van der Waals surface area (Å²) in [5.74, 6) is -1.73. The molecule has 0 saturated heterocycles. The van der Waals surface area contributed by atoms with Crippen LogP contribution >= 0.6 is 0 Å². The normalized spacial score (nSPS) is 14.7. The maximum absolute atomic E-state index is 13.7. The number of methoxy groups -OCH3 is 1. The van der Waals surface area contributed by atoms with E-state index < -0.39 is 17.1 Å². The maximum atomic E-state index is 13.7. The fourth-order valence-electron chi connectivity index (χ4n) is 1.33. The summed E-state index contributed by atoms with van der Waals surface area (Å²) in [5.41, 5.74) is -1.00. The summed E-state index contributed by atoms with van der Waals surface area (Å²) in [5, 5.41) is 0. The van der Waals surface area contributed by atoms with Gasteiger partial charge in [-0.2, -0.15) is 0 Å². The van der Waals surface area contributed by atoms with Gasteiger partial charge in [0, 0.05) is 38.8 Å². The molecule has 0 saturated carbocycles. The van der Waals surface area contributed by atoms with Crippen LogP contribution in [0.2, 0.25) is 0 Å². The number of hydrogen-bond acceptors (Lipinski definition) is 3. The number of alkyl halides is 1. The summed E-state index contributed by atoms with van der Waals surface area (Å²) in [6.45, 7) is 1.83. The molecule has 1 rings (SSSR count). The molecule has 0 spiro atoms. The van der Waals surface area contributed by atoms with Crippen molar-refractivity contribution in [1.29, 1.82) is 0 Å². The minimum Gasteiger partial charge on any atom is -0.349 e. The zero-order valence-electron chi connectivity index (χ0n) is 9.33.